The van der Waals surface area contributed by atoms with Gasteiger partial charge in [0.05, 0.1) is 0 Å². The van der Waals surface area contributed by atoms with Gasteiger partial charge in [-0.2, -0.15) is 0 Å². The summed E-state index contributed by atoms with van der Waals surface area (Å²) in [5.74, 6) is 1.56. The lowest BCUT2D eigenvalue weighted by Gasteiger charge is -2.10. The highest BCUT2D eigenvalue weighted by Crippen LogP contribution is 2.37. The van der Waals surface area contributed by atoms with E-state index in [1.165, 1.54) is 24.8 Å². The van der Waals surface area contributed by atoms with Crippen molar-refractivity contribution in [2.24, 2.45) is 5.92 Å². The van der Waals surface area contributed by atoms with Crippen LogP contribution in [0.15, 0.2) is 30.3 Å². The van der Waals surface area contributed by atoms with Gasteiger partial charge in [-0.3, -0.25) is 0 Å². The van der Waals surface area contributed by atoms with Crippen molar-refractivity contribution in [3.05, 3.63) is 35.9 Å². The molecule has 2 atom stereocenters. The molecule has 0 aromatic heterocycles. The summed E-state index contributed by atoms with van der Waals surface area (Å²) in [7, 11) is 1.80. The number of hydrogen-bond acceptors (Lipinski definition) is 1. The van der Waals surface area contributed by atoms with Crippen LogP contribution in [-0.4, -0.2) is 13.7 Å². The zero-order valence-corrected chi connectivity index (χ0v) is 8.78. The zero-order chi connectivity index (χ0) is 9.80. The SMILES string of the molecule is COCC1CCC(c2ccccc2)C1. The lowest BCUT2D eigenvalue weighted by atomic mass is 9.97. The lowest BCUT2D eigenvalue weighted by Crippen LogP contribution is -2.03. The minimum atomic E-state index is 0.774. The molecule has 2 rings (SSSR count). The molecule has 0 bridgehead atoms. The van der Waals surface area contributed by atoms with Gasteiger partial charge in [-0.25, -0.2) is 0 Å². The normalized spacial score (nSPS) is 26.6. The fourth-order valence-electron chi connectivity index (χ4n) is 2.49. The highest BCUT2D eigenvalue weighted by Gasteiger charge is 2.25. The number of ether oxygens (including phenoxy) is 1. The average molecular weight is 190 g/mol. The largest absolute Gasteiger partial charge is 0.384 e. The van der Waals surface area contributed by atoms with Crippen LogP contribution in [0.25, 0.3) is 0 Å². The van der Waals surface area contributed by atoms with Gasteiger partial charge in [0, 0.05) is 13.7 Å². The molecule has 1 heteroatoms. The minimum absolute atomic E-state index is 0.774. The highest BCUT2D eigenvalue weighted by molar-refractivity contribution is 5.20. The van der Waals surface area contributed by atoms with Crippen molar-refractivity contribution in [1.82, 2.24) is 0 Å². The first-order valence-corrected chi connectivity index (χ1v) is 5.44. The van der Waals surface area contributed by atoms with E-state index in [4.69, 9.17) is 4.74 Å². The molecule has 1 aromatic rings. The Morgan fingerprint density at radius 3 is 2.71 bits per heavy atom. The van der Waals surface area contributed by atoms with E-state index in [0.717, 1.165) is 18.4 Å². The van der Waals surface area contributed by atoms with Crippen LogP contribution in [0.3, 0.4) is 0 Å². The molecule has 1 aromatic carbocycles. The van der Waals surface area contributed by atoms with Crippen molar-refractivity contribution >= 4 is 0 Å². The summed E-state index contributed by atoms with van der Waals surface area (Å²) in [6.45, 7) is 0.934. The molecule has 0 N–H and O–H groups in total. The first-order chi connectivity index (χ1) is 6.90. The molecule has 0 radical (unpaired) electrons. The van der Waals surface area contributed by atoms with Crippen LogP contribution in [0.2, 0.25) is 0 Å². The second kappa shape index (κ2) is 4.61. The van der Waals surface area contributed by atoms with Gasteiger partial charge in [0.2, 0.25) is 0 Å². The monoisotopic (exact) mass is 190 g/mol. The molecule has 1 aliphatic rings. The quantitative estimate of drug-likeness (QED) is 0.711. The van der Waals surface area contributed by atoms with Gasteiger partial charge in [-0.05, 0) is 36.7 Å². The molecule has 1 fully saturated rings. The maximum absolute atomic E-state index is 5.21. The molecular formula is C13H18O. The lowest BCUT2D eigenvalue weighted by molar-refractivity contribution is 0.154. The van der Waals surface area contributed by atoms with Crippen molar-refractivity contribution in [1.29, 1.82) is 0 Å². The third-order valence-electron chi connectivity index (χ3n) is 3.21. The Balaban J connectivity index is 1.96. The van der Waals surface area contributed by atoms with Crippen molar-refractivity contribution in [2.75, 3.05) is 13.7 Å². The molecular weight excluding hydrogens is 172 g/mol. The van der Waals surface area contributed by atoms with E-state index >= 15 is 0 Å². The van der Waals surface area contributed by atoms with Gasteiger partial charge < -0.3 is 4.74 Å². The molecule has 2 unspecified atom stereocenters. The van der Waals surface area contributed by atoms with Crippen LogP contribution < -0.4 is 0 Å². The Morgan fingerprint density at radius 1 is 1.21 bits per heavy atom. The molecule has 0 spiro atoms. The molecule has 0 saturated heterocycles. The van der Waals surface area contributed by atoms with Gasteiger partial charge in [-0.15, -0.1) is 0 Å². The Kier molecular flexibility index (Phi) is 3.20. The van der Waals surface area contributed by atoms with E-state index < -0.39 is 0 Å². The molecule has 14 heavy (non-hydrogen) atoms. The first-order valence-electron chi connectivity index (χ1n) is 5.44. The Hall–Kier alpha value is -0.820. The summed E-state index contributed by atoms with van der Waals surface area (Å²) in [4.78, 5) is 0. The Morgan fingerprint density at radius 2 is 2.00 bits per heavy atom. The first kappa shape index (κ1) is 9.72. The van der Waals surface area contributed by atoms with E-state index in [1.807, 2.05) is 0 Å². The number of benzene rings is 1. The van der Waals surface area contributed by atoms with Crippen LogP contribution in [0.4, 0.5) is 0 Å². The molecule has 0 aliphatic heterocycles. The second-order valence-corrected chi connectivity index (χ2v) is 4.24. The summed E-state index contributed by atoms with van der Waals surface area (Å²) in [6, 6.07) is 10.9. The smallest absolute Gasteiger partial charge is 0.0490 e. The summed E-state index contributed by atoms with van der Waals surface area (Å²) >= 11 is 0. The summed E-state index contributed by atoms with van der Waals surface area (Å²) in [5, 5.41) is 0. The molecule has 76 valence electrons. The van der Waals surface area contributed by atoms with Crippen LogP contribution in [0, 0.1) is 5.92 Å². The Bertz CT molecular complexity index is 268. The van der Waals surface area contributed by atoms with Crippen molar-refractivity contribution < 1.29 is 4.74 Å². The molecule has 1 saturated carbocycles. The topological polar surface area (TPSA) is 9.23 Å². The van der Waals surface area contributed by atoms with Crippen LogP contribution >= 0.6 is 0 Å². The van der Waals surface area contributed by atoms with Crippen molar-refractivity contribution in [2.45, 2.75) is 25.2 Å². The Labute approximate surface area is 86.1 Å². The fraction of sp³-hybridized carbons (Fsp3) is 0.538. The summed E-state index contributed by atoms with van der Waals surface area (Å²) in [5.41, 5.74) is 1.51. The van der Waals surface area contributed by atoms with Gasteiger partial charge in [0.25, 0.3) is 0 Å². The fourth-order valence-corrected chi connectivity index (χ4v) is 2.49. The molecule has 1 aliphatic carbocycles. The maximum Gasteiger partial charge on any atom is 0.0490 e. The van der Waals surface area contributed by atoms with E-state index in [1.54, 1.807) is 7.11 Å². The van der Waals surface area contributed by atoms with Crippen molar-refractivity contribution in [3.63, 3.8) is 0 Å². The molecule has 0 amide bonds. The second-order valence-electron chi connectivity index (χ2n) is 4.24. The van der Waals surface area contributed by atoms with Gasteiger partial charge in [0.1, 0.15) is 0 Å². The van der Waals surface area contributed by atoms with E-state index in [2.05, 4.69) is 30.3 Å². The van der Waals surface area contributed by atoms with Gasteiger partial charge in [0.15, 0.2) is 0 Å². The van der Waals surface area contributed by atoms with Crippen LogP contribution in [0.5, 0.6) is 0 Å². The predicted octanol–water partition coefficient (Wildman–Crippen LogP) is 3.22. The number of hydrogen-bond donors (Lipinski definition) is 0. The van der Waals surface area contributed by atoms with E-state index in [9.17, 15) is 0 Å². The van der Waals surface area contributed by atoms with E-state index in [0.29, 0.717) is 0 Å². The van der Waals surface area contributed by atoms with Gasteiger partial charge in [-0.1, -0.05) is 30.3 Å². The van der Waals surface area contributed by atoms with Gasteiger partial charge >= 0.3 is 0 Å². The molecule has 0 heterocycles. The maximum atomic E-state index is 5.21. The van der Waals surface area contributed by atoms with Crippen molar-refractivity contribution in [3.8, 4) is 0 Å². The molecule has 1 nitrogen and oxygen atoms in total. The minimum Gasteiger partial charge on any atom is -0.384 e. The summed E-state index contributed by atoms with van der Waals surface area (Å²) in [6.07, 6.45) is 3.96. The third kappa shape index (κ3) is 2.16. The number of methoxy groups -OCH3 is 1. The zero-order valence-electron chi connectivity index (χ0n) is 8.78. The van der Waals surface area contributed by atoms with E-state index in [-0.39, 0.29) is 0 Å². The predicted molar refractivity (Wildman–Crippen MR) is 58.4 cm³/mol. The van der Waals surface area contributed by atoms with Crippen LogP contribution in [-0.2, 0) is 4.74 Å². The standard InChI is InChI=1S/C13H18O/c1-14-10-11-7-8-13(9-11)12-5-3-2-4-6-12/h2-6,11,13H,7-10H2,1H3. The summed E-state index contributed by atoms with van der Waals surface area (Å²) < 4.78 is 5.21. The number of rotatable bonds is 3. The average Bonchev–Trinajstić information content (AvgIpc) is 2.68. The third-order valence-corrected chi connectivity index (χ3v) is 3.21. The van der Waals surface area contributed by atoms with Crippen LogP contribution in [0.1, 0.15) is 30.7 Å². The highest BCUT2D eigenvalue weighted by atomic mass is 16.5.